The standard InChI is InChI=1S/C12H16ClNO/c1-7-3-11(14-6-7)10-5-9(13)4-8(2)12(10)15/h4-5,7,11,14-15H,3,6H2,1-2H3/t7-,11-/m0/s1. The molecular formula is C12H16ClNO. The van der Waals surface area contributed by atoms with E-state index in [0.717, 1.165) is 24.1 Å². The highest BCUT2D eigenvalue weighted by atomic mass is 35.5. The van der Waals surface area contributed by atoms with E-state index in [1.807, 2.05) is 13.0 Å². The van der Waals surface area contributed by atoms with E-state index in [1.54, 1.807) is 6.07 Å². The van der Waals surface area contributed by atoms with E-state index >= 15 is 0 Å². The van der Waals surface area contributed by atoms with Gasteiger partial charge < -0.3 is 10.4 Å². The van der Waals surface area contributed by atoms with Gasteiger partial charge in [-0.1, -0.05) is 18.5 Å². The largest absolute Gasteiger partial charge is 0.507 e. The molecule has 1 saturated heterocycles. The number of aryl methyl sites for hydroxylation is 1. The molecule has 0 saturated carbocycles. The van der Waals surface area contributed by atoms with E-state index in [4.69, 9.17) is 11.6 Å². The lowest BCUT2D eigenvalue weighted by atomic mass is 9.98. The minimum Gasteiger partial charge on any atom is -0.507 e. The van der Waals surface area contributed by atoms with E-state index in [1.165, 1.54) is 0 Å². The van der Waals surface area contributed by atoms with Crippen LogP contribution in [0.1, 0.15) is 30.5 Å². The van der Waals surface area contributed by atoms with Crippen LogP contribution in [-0.2, 0) is 0 Å². The van der Waals surface area contributed by atoms with E-state index in [9.17, 15) is 5.11 Å². The van der Waals surface area contributed by atoms with Gasteiger partial charge in [0.05, 0.1) is 0 Å². The molecule has 0 amide bonds. The lowest BCUT2D eigenvalue weighted by Crippen LogP contribution is -2.13. The molecule has 1 aliphatic heterocycles. The quantitative estimate of drug-likeness (QED) is 0.770. The summed E-state index contributed by atoms with van der Waals surface area (Å²) in [7, 11) is 0. The second kappa shape index (κ2) is 4.03. The normalized spacial score (nSPS) is 25.8. The van der Waals surface area contributed by atoms with Crippen LogP contribution >= 0.6 is 11.6 Å². The van der Waals surface area contributed by atoms with E-state index in [2.05, 4.69) is 12.2 Å². The fraction of sp³-hybridized carbons (Fsp3) is 0.500. The molecule has 2 atom stereocenters. The van der Waals surface area contributed by atoms with Gasteiger partial charge >= 0.3 is 0 Å². The minimum atomic E-state index is 0.248. The maximum atomic E-state index is 9.97. The molecule has 1 heterocycles. The number of hydrogen-bond acceptors (Lipinski definition) is 2. The Bertz CT molecular complexity index is 378. The SMILES string of the molecule is Cc1cc(Cl)cc([C@@H]2C[C@H](C)CN2)c1O. The lowest BCUT2D eigenvalue weighted by molar-refractivity contribution is 0.452. The van der Waals surface area contributed by atoms with Crippen LogP contribution in [0.25, 0.3) is 0 Å². The van der Waals surface area contributed by atoms with Crippen molar-refractivity contribution in [1.29, 1.82) is 0 Å². The zero-order valence-electron chi connectivity index (χ0n) is 9.05. The molecule has 1 aromatic rings. The molecule has 15 heavy (non-hydrogen) atoms. The Morgan fingerprint density at radius 2 is 2.20 bits per heavy atom. The first-order valence-corrected chi connectivity index (χ1v) is 5.68. The summed E-state index contributed by atoms with van der Waals surface area (Å²) in [4.78, 5) is 0. The van der Waals surface area contributed by atoms with Gasteiger partial charge in [0.2, 0.25) is 0 Å². The molecule has 0 spiro atoms. The van der Waals surface area contributed by atoms with E-state index in [-0.39, 0.29) is 6.04 Å². The van der Waals surface area contributed by atoms with Gasteiger partial charge in [0.1, 0.15) is 5.75 Å². The van der Waals surface area contributed by atoms with Crippen molar-refractivity contribution < 1.29 is 5.11 Å². The van der Waals surface area contributed by atoms with Crippen molar-refractivity contribution >= 4 is 11.6 Å². The number of hydrogen-bond donors (Lipinski definition) is 2. The molecule has 0 unspecified atom stereocenters. The molecule has 0 aliphatic carbocycles. The first-order valence-electron chi connectivity index (χ1n) is 5.30. The van der Waals surface area contributed by atoms with Crippen molar-refractivity contribution in [2.45, 2.75) is 26.3 Å². The average molecular weight is 226 g/mol. The summed E-state index contributed by atoms with van der Waals surface area (Å²) in [5.41, 5.74) is 1.78. The second-order valence-corrected chi connectivity index (χ2v) is 4.90. The van der Waals surface area contributed by atoms with E-state index in [0.29, 0.717) is 16.7 Å². The van der Waals surface area contributed by atoms with Crippen molar-refractivity contribution in [3.8, 4) is 5.75 Å². The Hall–Kier alpha value is -0.730. The topological polar surface area (TPSA) is 32.3 Å². The highest BCUT2D eigenvalue weighted by Gasteiger charge is 2.25. The Morgan fingerprint density at radius 1 is 1.47 bits per heavy atom. The first kappa shape index (κ1) is 10.8. The van der Waals surface area contributed by atoms with Gasteiger partial charge in [0.25, 0.3) is 0 Å². The number of halogens is 1. The molecule has 2 N–H and O–H groups in total. The van der Waals surface area contributed by atoms with E-state index < -0.39 is 0 Å². The molecule has 82 valence electrons. The molecule has 3 heteroatoms. The molecule has 2 nitrogen and oxygen atoms in total. The van der Waals surface area contributed by atoms with Crippen molar-refractivity contribution in [1.82, 2.24) is 5.32 Å². The Labute approximate surface area is 95.3 Å². The monoisotopic (exact) mass is 225 g/mol. The number of benzene rings is 1. The maximum Gasteiger partial charge on any atom is 0.123 e. The molecule has 0 aromatic heterocycles. The number of nitrogens with one attached hydrogen (secondary N) is 1. The van der Waals surface area contributed by atoms with Crippen LogP contribution < -0.4 is 5.32 Å². The molecular weight excluding hydrogens is 210 g/mol. The number of aromatic hydroxyl groups is 1. The second-order valence-electron chi connectivity index (χ2n) is 4.46. The third-order valence-electron chi connectivity index (χ3n) is 3.02. The number of rotatable bonds is 1. The fourth-order valence-electron chi connectivity index (χ4n) is 2.18. The Morgan fingerprint density at radius 3 is 2.80 bits per heavy atom. The molecule has 1 aromatic carbocycles. The van der Waals surface area contributed by atoms with Gasteiger partial charge in [-0.3, -0.25) is 0 Å². The van der Waals surface area contributed by atoms with Crippen molar-refractivity contribution in [2.75, 3.05) is 6.54 Å². The van der Waals surface area contributed by atoms with Gasteiger partial charge in [-0.05, 0) is 43.5 Å². The molecule has 0 bridgehead atoms. The first-order chi connectivity index (χ1) is 7.08. The fourth-order valence-corrected chi connectivity index (χ4v) is 2.46. The van der Waals surface area contributed by atoms with Crippen LogP contribution in [0.4, 0.5) is 0 Å². The molecule has 2 rings (SSSR count). The predicted octanol–water partition coefficient (Wildman–Crippen LogP) is 3.02. The van der Waals surface area contributed by atoms with Crippen molar-refractivity contribution in [3.05, 3.63) is 28.3 Å². The zero-order chi connectivity index (χ0) is 11.0. The summed E-state index contributed by atoms with van der Waals surface area (Å²) in [5, 5.41) is 14.1. The van der Waals surface area contributed by atoms with Gasteiger partial charge in [-0.2, -0.15) is 0 Å². The van der Waals surface area contributed by atoms with Crippen LogP contribution in [0.3, 0.4) is 0 Å². The molecule has 0 radical (unpaired) electrons. The zero-order valence-corrected chi connectivity index (χ0v) is 9.80. The summed E-state index contributed by atoms with van der Waals surface area (Å²) >= 11 is 6.00. The molecule has 1 aliphatic rings. The number of phenolic OH excluding ortho intramolecular Hbond substituents is 1. The van der Waals surface area contributed by atoms with Crippen LogP contribution in [-0.4, -0.2) is 11.7 Å². The van der Waals surface area contributed by atoms with Gasteiger partial charge in [0.15, 0.2) is 0 Å². The summed E-state index contributed by atoms with van der Waals surface area (Å²) in [6, 6.07) is 3.90. The van der Waals surface area contributed by atoms with Crippen LogP contribution in [0.5, 0.6) is 5.75 Å². The third kappa shape index (κ3) is 2.11. The summed E-state index contributed by atoms with van der Waals surface area (Å²) < 4.78 is 0. The van der Waals surface area contributed by atoms with Crippen molar-refractivity contribution in [2.24, 2.45) is 5.92 Å². The Balaban J connectivity index is 2.35. The van der Waals surface area contributed by atoms with Gasteiger partial charge in [0, 0.05) is 16.6 Å². The third-order valence-corrected chi connectivity index (χ3v) is 3.24. The predicted molar refractivity (Wildman–Crippen MR) is 62.4 cm³/mol. The highest BCUT2D eigenvalue weighted by Crippen LogP contribution is 2.36. The number of phenols is 1. The summed E-state index contributed by atoms with van der Waals surface area (Å²) in [6.45, 7) is 5.10. The van der Waals surface area contributed by atoms with Crippen LogP contribution in [0.2, 0.25) is 5.02 Å². The van der Waals surface area contributed by atoms with Crippen LogP contribution in [0, 0.1) is 12.8 Å². The van der Waals surface area contributed by atoms with Gasteiger partial charge in [-0.15, -0.1) is 0 Å². The van der Waals surface area contributed by atoms with Crippen LogP contribution in [0.15, 0.2) is 12.1 Å². The van der Waals surface area contributed by atoms with Crippen molar-refractivity contribution in [3.63, 3.8) is 0 Å². The summed E-state index contributed by atoms with van der Waals surface area (Å²) in [6.07, 6.45) is 1.06. The smallest absolute Gasteiger partial charge is 0.123 e. The lowest BCUT2D eigenvalue weighted by Gasteiger charge is -2.14. The van der Waals surface area contributed by atoms with Gasteiger partial charge in [-0.25, -0.2) is 0 Å². The minimum absolute atomic E-state index is 0.248. The molecule has 1 fully saturated rings. The Kier molecular flexibility index (Phi) is 2.89. The highest BCUT2D eigenvalue weighted by molar-refractivity contribution is 6.30. The average Bonchev–Trinajstić information content (AvgIpc) is 2.58. The summed E-state index contributed by atoms with van der Waals surface area (Å²) in [5.74, 6) is 1.04. The maximum absolute atomic E-state index is 9.97.